The van der Waals surface area contributed by atoms with Gasteiger partial charge in [-0.25, -0.2) is 9.18 Å². The van der Waals surface area contributed by atoms with Gasteiger partial charge in [0.25, 0.3) is 0 Å². The number of nitriles is 1. The Morgan fingerprint density at radius 3 is 2.82 bits per heavy atom. The van der Waals surface area contributed by atoms with Crippen LogP contribution < -0.4 is 10.2 Å². The van der Waals surface area contributed by atoms with Crippen molar-refractivity contribution in [1.82, 2.24) is 10.3 Å². The molecule has 0 aliphatic carbocycles. The van der Waals surface area contributed by atoms with E-state index in [1.807, 2.05) is 59.5 Å². The smallest absolute Gasteiger partial charge is 0.407 e. The zero-order valence-corrected chi connectivity index (χ0v) is 18.0. The Balaban J connectivity index is 1.39. The third-order valence-corrected chi connectivity index (χ3v) is 6.10. The highest BCUT2D eigenvalue weighted by Crippen LogP contribution is 2.38. The van der Waals surface area contributed by atoms with Gasteiger partial charge in [0.15, 0.2) is 0 Å². The number of benzene rings is 3. The summed E-state index contributed by atoms with van der Waals surface area (Å²) in [6.45, 7) is 1.32. The Labute approximate surface area is 190 Å². The van der Waals surface area contributed by atoms with Crippen molar-refractivity contribution in [2.75, 3.05) is 18.0 Å². The lowest BCUT2D eigenvalue weighted by molar-refractivity contribution is 0.134. The monoisotopic (exact) mass is 442 g/mol. The lowest BCUT2D eigenvalue weighted by atomic mass is 10.0. The van der Waals surface area contributed by atoms with Crippen molar-refractivity contribution < 1.29 is 13.9 Å². The number of ether oxygens (including phenoxy) is 1. The topological polar surface area (TPSA) is 81.2 Å². The minimum Gasteiger partial charge on any atom is -0.445 e. The Bertz CT molecular complexity index is 1360. The summed E-state index contributed by atoms with van der Waals surface area (Å²) < 4.78 is 20.7. The van der Waals surface area contributed by atoms with Gasteiger partial charge >= 0.3 is 6.09 Å². The van der Waals surface area contributed by atoms with E-state index in [9.17, 15) is 10.1 Å². The van der Waals surface area contributed by atoms with Gasteiger partial charge in [-0.05, 0) is 30.5 Å². The van der Waals surface area contributed by atoms with E-state index in [0.717, 1.165) is 29.3 Å². The van der Waals surface area contributed by atoms with E-state index in [4.69, 9.17) is 4.74 Å². The van der Waals surface area contributed by atoms with Crippen molar-refractivity contribution in [3.05, 3.63) is 77.6 Å². The third-order valence-electron chi connectivity index (χ3n) is 6.10. The van der Waals surface area contributed by atoms with Gasteiger partial charge < -0.3 is 19.9 Å². The summed E-state index contributed by atoms with van der Waals surface area (Å²) in [5.41, 5.74) is 3.14. The van der Waals surface area contributed by atoms with E-state index < -0.39 is 11.9 Å². The second-order valence-corrected chi connectivity index (χ2v) is 8.28. The minimum atomic E-state index is -0.483. The molecule has 4 aromatic rings. The number of piperidine rings is 1. The van der Waals surface area contributed by atoms with E-state index in [-0.39, 0.29) is 18.2 Å². The summed E-state index contributed by atoms with van der Waals surface area (Å²) in [7, 11) is 0. The Hall–Kier alpha value is -4.05. The summed E-state index contributed by atoms with van der Waals surface area (Å²) in [4.78, 5) is 17.6. The lowest BCUT2D eigenvalue weighted by Gasteiger charge is -2.35. The van der Waals surface area contributed by atoms with E-state index in [1.165, 1.54) is 6.07 Å². The van der Waals surface area contributed by atoms with Gasteiger partial charge in [-0.1, -0.05) is 48.5 Å². The maximum atomic E-state index is 15.3. The molecule has 7 heteroatoms. The molecule has 33 heavy (non-hydrogen) atoms. The van der Waals surface area contributed by atoms with Gasteiger partial charge in [0, 0.05) is 35.4 Å². The highest BCUT2D eigenvalue weighted by Gasteiger charge is 2.27. The first-order chi connectivity index (χ1) is 16.1. The van der Waals surface area contributed by atoms with E-state index >= 15 is 4.39 Å². The number of rotatable bonds is 4. The van der Waals surface area contributed by atoms with Gasteiger partial charge in [0.1, 0.15) is 18.5 Å². The zero-order chi connectivity index (χ0) is 22.8. The highest BCUT2D eigenvalue weighted by molar-refractivity contribution is 6.15. The average molecular weight is 442 g/mol. The van der Waals surface area contributed by atoms with Crippen molar-refractivity contribution >= 4 is 33.6 Å². The predicted octanol–water partition coefficient (Wildman–Crippen LogP) is 5.23. The Morgan fingerprint density at radius 2 is 2.00 bits per heavy atom. The lowest BCUT2D eigenvalue weighted by Crippen LogP contribution is -2.48. The number of alkyl carbamates (subject to hydrolysis) is 1. The number of hydrogen-bond donors (Lipinski definition) is 2. The number of carbonyl (C=O) groups excluding carboxylic acids is 1. The van der Waals surface area contributed by atoms with Crippen LogP contribution in [-0.4, -0.2) is 30.2 Å². The molecule has 1 fully saturated rings. The first-order valence-electron chi connectivity index (χ1n) is 11.0. The summed E-state index contributed by atoms with van der Waals surface area (Å²) in [5, 5.41) is 14.0. The molecular weight excluding hydrogens is 419 g/mol. The SMILES string of the molecule is N#Cc1cc(F)c(N2CCC[C@H](NC(=O)OCc3ccccc3)C2)c2c1[nH]c1ccccc12. The van der Waals surface area contributed by atoms with Crippen molar-refractivity contribution in [3.8, 4) is 6.07 Å². The largest absolute Gasteiger partial charge is 0.445 e. The molecule has 1 aromatic heterocycles. The Morgan fingerprint density at radius 1 is 1.21 bits per heavy atom. The number of nitrogens with one attached hydrogen (secondary N) is 2. The minimum absolute atomic E-state index is 0.169. The van der Waals surface area contributed by atoms with Crippen molar-refractivity contribution in [1.29, 1.82) is 5.26 Å². The van der Waals surface area contributed by atoms with Gasteiger partial charge in [0.05, 0.1) is 16.8 Å². The fourth-order valence-electron chi connectivity index (χ4n) is 4.60. The van der Waals surface area contributed by atoms with Crippen LogP contribution in [0.1, 0.15) is 24.0 Å². The van der Waals surface area contributed by atoms with Gasteiger partial charge in [-0.2, -0.15) is 5.26 Å². The number of fused-ring (bicyclic) bond motifs is 3. The fourth-order valence-corrected chi connectivity index (χ4v) is 4.60. The Kier molecular flexibility index (Phi) is 5.57. The molecule has 166 valence electrons. The summed E-state index contributed by atoms with van der Waals surface area (Å²) in [5.74, 6) is -0.434. The molecule has 1 aliphatic rings. The van der Waals surface area contributed by atoms with Gasteiger partial charge in [0.2, 0.25) is 0 Å². The zero-order valence-electron chi connectivity index (χ0n) is 18.0. The molecule has 1 amide bonds. The molecule has 2 heterocycles. The van der Waals surface area contributed by atoms with Crippen LogP contribution in [0.5, 0.6) is 0 Å². The van der Waals surface area contributed by atoms with Crippen LogP contribution in [0.2, 0.25) is 0 Å². The molecular formula is C26H23FN4O2. The normalized spacial score (nSPS) is 16.0. The molecule has 1 saturated heterocycles. The number of halogens is 1. The van der Waals surface area contributed by atoms with E-state index in [2.05, 4.69) is 16.4 Å². The number of aromatic nitrogens is 1. The van der Waals surface area contributed by atoms with Crippen molar-refractivity contribution in [2.24, 2.45) is 0 Å². The molecule has 3 aromatic carbocycles. The number of nitrogens with zero attached hydrogens (tertiary/aromatic N) is 2. The van der Waals surface area contributed by atoms with Gasteiger partial charge in [-0.15, -0.1) is 0 Å². The summed E-state index contributed by atoms with van der Waals surface area (Å²) in [6.07, 6.45) is 1.10. The number of anilines is 1. The quantitative estimate of drug-likeness (QED) is 0.454. The van der Waals surface area contributed by atoms with Gasteiger partial charge in [-0.3, -0.25) is 0 Å². The first kappa shape index (κ1) is 20.8. The van der Waals surface area contributed by atoms with Crippen LogP contribution in [-0.2, 0) is 11.3 Å². The second-order valence-electron chi connectivity index (χ2n) is 8.28. The van der Waals surface area contributed by atoms with Crippen LogP contribution in [0.15, 0.2) is 60.7 Å². The summed E-state index contributed by atoms with van der Waals surface area (Å²) in [6, 6.07) is 20.4. The molecule has 2 N–H and O–H groups in total. The maximum absolute atomic E-state index is 15.3. The van der Waals surface area contributed by atoms with Crippen LogP contribution in [0.25, 0.3) is 21.8 Å². The standard InChI is InChI=1S/C26H23FN4O2/c27-21-13-18(14-28)24-23(20-10-4-5-11-22(20)30-24)25(21)31-12-6-9-19(15-31)29-26(32)33-16-17-7-2-1-3-8-17/h1-5,7-8,10-11,13,19,30H,6,9,12,15-16H2,(H,29,32)/t19-/m0/s1. The van der Waals surface area contributed by atoms with Crippen LogP contribution in [0.3, 0.4) is 0 Å². The number of hydrogen-bond acceptors (Lipinski definition) is 4. The molecule has 0 radical (unpaired) electrons. The molecule has 0 unspecified atom stereocenters. The van der Waals surface area contributed by atoms with E-state index in [1.54, 1.807) is 0 Å². The number of H-pyrrole nitrogens is 1. The van der Waals surface area contributed by atoms with E-state index in [0.29, 0.717) is 29.7 Å². The molecule has 0 spiro atoms. The third kappa shape index (κ3) is 4.08. The van der Waals surface area contributed by atoms with Crippen molar-refractivity contribution in [2.45, 2.75) is 25.5 Å². The molecule has 6 nitrogen and oxygen atoms in total. The second kappa shape index (κ2) is 8.83. The molecule has 0 bridgehead atoms. The number of carbonyl (C=O) groups is 1. The number of aromatic amines is 1. The molecule has 5 rings (SSSR count). The summed E-state index contributed by atoms with van der Waals surface area (Å²) >= 11 is 0. The highest BCUT2D eigenvalue weighted by atomic mass is 19.1. The first-order valence-corrected chi connectivity index (χ1v) is 11.0. The molecule has 1 aliphatic heterocycles. The maximum Gasteiger partial charge on any atom is 0.407 e. The van der Waals surface area contributed by atoms with Crippen LogP contribution >= 0.6 is 0 Å². The fraction of sp³-hybridized carbons (Fsp3) is 0.231. The molecule has 0 saturated carbocycles. The number of amides is 1. The molecule has 1 atom stereocenters. The predicted molar refractivity (Wildman–Crippen MR) is 125 cm³/mol. The van der Waals surface area contributed by atoms with Crippen LogP contribution in [0.4, 0.5) is 14.9 Å². The van der Waals surface area contributed by atoms with Crippen molar-refractivity contribution in [3.63, 3.8) is 0 Å². The van der Waals surface area contributed by atoms with Crippen LogP contribution in [0, 0.1) is 17.1 Å². The average Bonchev–Trinajstić information content (AvgIpc) is 3.22. The number of para-hydroxylation sites is 1.